The topological polar surface area (TPSA) is 42.4 Å². The zero-order chi connectivity index (χ0) is 21.6. The van der Waals surface area contributed by atoms with E-state index in [-0.39, 0.29) is 12.7 Å². The first-order valence-electron chi connectivity index (χ1n) is 12.3. The molecule has 1 atom stereocenters. The molecule has 0 aliphatic rings. The van der Waals surface area contributed by atoms with Crippen LogP contribution in [0, 0.1) is 0 Å². The van der Waals surface area contributed by atoms with Crippen LogP contribution in [0.1, 0.15) is 109 Å². The van der Waals surface area contributed by atoms with Gasteiger partial charge in [-0.3, -0.25) is 0 Å². The van der Waals surface area contributed by atoms with Crippen molar-refractivity contribution in [1.29, 1.82) is 0 Å². The maximum absolute atomic E-state index is 9.21. The van der Waals surface area contributed by atoms with Crippen LogP contribution in [0.25, 0.3) is 10.9 Å². The number of nitrogens with zero attached hydrogens (tertiary/aromatic N) is 1. The number of fused-ring (bicyclic) bond motifs is 1. The monoisotopic (exact) mass is 413 g/mol. The highest BCUT2D eigenvalue weighted by Gasteiger charge is 2.15. The first kappa shape index (κ1) is 24.7. The number of hydrogen-bond acceptors (Lipinski definition) is 3. The lowest BCUT2D eigenvalue weighted by Gasteiger charge is -2.18. The Balaban J connectivity index is 2.01. The maximum atomic E-state index is 9.21. The van der Waals surface area contributed by atoms with Crippen LogP contribution < -0.4 is 4.74 Å². The summed E-state index contributed by atoms with van der Waals surface area (Å²) in [5, 5.41) is 10.4. The number of rotatable bonds is 16. The third kappa shape index (κ3) is 8.63. The fourth-order valence-corrected chi connectivity index (χ4v) is 4.18. The molecule has 1 aromatic carbocycles. The van der Waals surface area contributed by atoms with Crippen LogP contribution in [0.3, 0.4) is 0 Å². The molecule has 0 radical (unpaired) electrons. The number of aliphatic hydroxyl groups excluding tert-OH is 1. The molecule has 1 unspecified atom stereocenters. The van der Waals surface area contributed by atoms with Crippen molar-refractivity contribution in [3.63, 3.8) is 0 Å². The number of pyridine rings is 1. The van der Waals surface area contributed by atoms with Crippen molar-refractivity contribution in [2.75, 3.05) is 6.61 Å². The number of hydrogen-bond donors (Lipinski definition) is 1. The second-order valence-electron chi connectivity index (χ2n) is 8.91. The van der Waals surface area contributed by atoms with E-state index < -0.39 is 0 Å². The van der Waals surface area contributed by atoms with Crippen molar-refractivity contribution >= 4 is 10.9 Å². The van der Waals surface area contributed by atoms with E-state index in [1.165, 1.54) is 63.5 Å². The summed E-state index contributed by atoms with van der Waals surface area (Å²) in [6.07, 6.45) is 15.1. The lowest BCUT2D eigenvalue weighted by molar-refractivity contribution is 0.245. The first-order valence-corrected chi connectivity index (χ1v) is 12.3. The van der Waals surface area contributed by atoms with Crippen LogP contribution >= 0.6 is 0 Å². The van der Waals surface area contributed by atoms with E-state index in [0.717, 1.165) is 35.9 Å². The normalized spacial score (nSPS) is 12.6. The van der Waals surface area contributed by atoms with E-state index in [2.05, 4.69) is 39.0 Å². The van der Waals surface area contributed by atoms with Gasteiger partial charge in [0.05, 0.1) is 6.10 Å². The Labute approximate surface area is 184 Å². The summed E-state index contributed by atoms with van der Waals surface area (Å²) in [4.78, 5) is 5.07. The van der Waals surface area contributed by atoms with E-state index in [9.17, 15) is 5.11 Å². The summed E-state index contributed by atoms with van der Waals surface area (Å²) in [6, 6.07) is 10.6. The van der Waals surface area contributed by atoms with E-state index in [1.54, 1.807) is 0 Å². The number of ether oxygens (including phenoxy) is 1. The molecule has 168 valence electrons. The standard InChI is InChI=1S/C27H43NO2/c1-4-5-6-7-8-9-10-11-15-23(16-12-13-21-29)25-20-19-24-17-14-18-26(27(24)28-25)30-22(2)3/h14,17-20,22-23,29H,4-13,15-16,21H2,1-3H3. The molecule has 1 aromatic heterocycles. The van der Waals surface area contributed by atoms with Gasteiger partial charge in [-0.1, -0.05) is 82.9 Å². The smallest absolute Gasteiger partial charge is 0.145 e. The van der Waals surface area contributed by atoms with Crippen molar-refractivity contribution < 1.29 is 9.84 Å². The van der Waals surface area contributed by atoms with Crippen molar-refractivity contribution in [3.8, 4) is 5.75 Å². The summed E-state index contributed by atoms with van der Waals surface area (Å²) in [6.45, 7) is 6.67. The molecule has 3 heteroatoms. The summed E-state index contributed by atoms with van der Waals surface area (Å²) < 4.78 is 6.02. The van der Waals surface area contributed by atoms with E-state index in [0.29, 0.717) is 5.92 Å². The SMILES string of the molecule is CCCCCCCCCCC(CCCCO)c1ccc2cccc(OC(C)C)c2n1. The van der Waals surface area contributed by atoms with Crippen molar-refractivity contribution in [3.05, 3.63) is 36.0 Å². The average molecular weight is 414 g/mol. The molecule has 0 saturated carbocycles. The average Bonchev–Trinajstić information content (AvgIpc) is 2.74. The van der Waals surface area contributed by atoms with Crippen molar-refractivity contribution in [1.82, 2.24) is 4.98 Å². The molecule has 0 aliphatic heterocycles. The van der Waals surface area contributed by atoms with E-state index >= 15 is 0 Å². The number of aliphatic hydroxyl groups is 1. The van der Waals surface area contributed by atoms with Crippen molar-refractivity contribution in [2.45, 2.75) is 110 Å². The summed E-state index contributed by atoms with van der Waals surface area (Å²) in [7, 11) is 0. The van der Waals surface area contributed by atoms with Crippen molar-refractivity contribution in [2.24, 2.45) is 0 Å². The van der Waals surface area contributed by atoms with Crippen LogP contribution in [0.15, 0.2) is 30.3 Å². The number of benzene rings is 1. The second-order valence-corrected chi connectivity index (χ2v) is 8.91. The third-order valence-corrected chi connectivity index (χ3v) is 5.85. The van der Waals surface area contributed by atoms with Gasteiger partial charge in [0.1, 0.15) is 11.3 Å². The highest BCUT2D eigenvalue weighted by Crippen LogP contribution is 2.31. The van der Waals surface area contributed by atoms with Gasteiger partial charge in [0.15, 0.2) is 0 Å². The lowest BCUT2D eigenvalue weighted by atomic mass is 9.91. The van der Waals surface area contributed by atoms with Gasteiger partial charge in [-0.2, -0.15) is 0 Å². The predicted molar refractivity (Wildman–Crippen MR) is 128 cm³/mol. The molecule has 0 bridgehead atoms. The minimum Gasteiger partial charge on any atom is -0.489 e. The van der Waals surface area contributed by atoms with Gasteiger partial charge in [-0.25, -0.2) is 4.98 Å². The summed E-state index contributed by atoms with van der Waals surface area (Å²) in [5.41, 5.74) is 2.16. The van der Waals surface area contributed by atoms with Crippen LogP contribution in [0.2, 0.25) is 0 Å². The van der Waals surface area contributed by atoms with E-state index in [1.807, 2.05) is 12.1 Å². The quantitative estimate of drug-likeness (QED) is 0.285. The van der Waals surface area contributed by atoms with Gasteiger partial charge in [-0.15, -0.1) is 0 Å². The van der Waals surface area contributed by atoms with Crippen LogP contribution in [0.4, 0.5) is 0 Å². The van der Waals surface area contributed by atoms with E-state index in [4.69, 9.17) is 9.72 Å². The molecule has 2 aromatic rings. The molecule has 0 saturated heterocycles. The largest absolute Gasteiger partial charge is 0.489 e. The molecule has 1 heterocycles. The number of aromatic nitrogens is 1. The molecule has 2 rings (SSSR count). The Morgan fingerprint density at radius 3 is 2.17 bits per heavy atom. The molecular weight excluding hydrogens is 370 g/mol. The van der Waals surface area contributed by atoms with Gasteiger partial charge in [0.25, 0.3) is 0 Å². The zero-order valence-electron chi connectivity index (χ0n) is 19.5. The van der Waals surface area contributed by atoms with Gasteiger partial charge < -0.3 is 9.84 Å². The minimum atomic E-state index is 0.138. The number of unbranched alkanes of at least 4 members (excludes halogenated alkanes) is 8. The van der Waals surface area contributed by atoms with Gasteiger partial charge in [0.2, 0.25) is 0 Å². The molecule has 0 amide bonds. The van der Waals surface area contributed by atoms with Crippen LogP contribution in [-0.2, 0) is 0 Å². The predicted octanol–water partition coefficient (Wildman–Crippen LogP) is 7.80. The molecule has 1 N–H and O–H groups in total. The molecule has 3 nitrogen and oxygen atoms in total. The number of para-hydroxylation sites is 1. The molecule has 0 fully saturated rings. The maximum Gasteiger partial charge on any atom is 0.145 e. The van der Waals surface area contributed by atoms with Gasteiger partial charge in [0, 0.05) is 23.6 Å². The molecule has 30 heavy (non-hydrogen) atoms. The summed E-state index contributed by atoms with van der Waals surface area (Å²) >= 11 is 0. The minimum absolute atomic E-state index is 0.138. The Morgan fingerprint density at radius 1 is 0.833 bits per heavy atom. The van der Waals surface area contributed by atoms with Crippen LogP contribution in [0.5, 0.6) is 5.75 Å². The van der Waals surface area contributed by atoms with Crippen LogP contribution in [-0.4, -0.2) is 22.8 Å². The highest BCUT2D eigenvalue weighted by atomic mass is 16.5. The first-order chi connectivity index (χ1) is 14.7. The fourth-order valence-electron chi connectivity index (χ4n) is 4.18. The molecule has 0 aliphatic carbocycles. The second kappa shape index (κ2) is 14.4. The Kier molecular flexibility index (Phi) is 11.8. The fraction of sp³-hybridized carbons (Fsp3) is 0.667. The summed E-state index contributed by atoms with van der Waals surface area (Å²) in [5.74, 6) is 1.35. The zero-order valence-corrected chi connectivity index (χ0v) is 19.5. The van der Waals surface area contributed by atoms with Gasteiger partial charge >= 0.3 is 0 Å². The Bertz CT molecular complexity index is 713. The highest BCUT2D eigenvalue weighted by molar-refractivity contribution is 5.84. The molecule has 0 spiro atoms. The third-order valence-electron chi connectivity index (χ3n) is 5.85. The van der Waals surface area contributed by atoms with Gasteiger partial charge in [-0.05, 0) is 45.2 Å². The lowest BCUT2D eigenvalue weighted by Crippen LogP contribution is -2.07. The Morgan fingerprint density at radius 2 is 1.50 bits per heavy atom. The molecular formula is C27H43NO2. The Hall–Kier alpha value is -1.61.